The van der Waals surface area contributed by atoms with E-state index in [9.17, 15) is 9.00 Å². The number of nitrogens with zero attached hydrogens (tertiary/aromatic N) is 2. The minimum absolute atomic E-state index is 0.157. The van der Waals surface area contributed by atoms with Gasteiger partial charge in [-0.1, -0.05) is 0 Å². The number of hydrogen-bond donors (Lipinski definition) is 0. The second-order valence-corrected chi connectivity index (χ2v) is 5.78. The summed E-state index contributed by atoms with van der Waals surface area (Å²) in [5.74, 6) is 0.338. The molecule has 1 aromatic heterocycles. The summed E-state index contributed by atoms with van der Waals surface area (Å²) in [7, 11) is 2.17. The van der Waals surface area contributed by atoms with Crippen LogP contribution < -0.4 is 9.64 Å². The van der Waals surface area contributed by atoms with Gasteiger partial charge in [0.2, 0.25) is 5.88 Å². The summed E-state index contributed by atoms with van der Waals surface area (Å²) < 4.78 is 16.3. The number of methoxy groups -OCH3 is 1. The van der Waals surface area contributed by atoms with Gasteiger partial charge in [0.05, 0.1) is 19.0 Å². The van der Waals surface area contributed by atoms with E-state index in [0.717, 1.165) is 0 Å². The maximum Gasteiger partial charge on any atom is 0.258 e. The second kappa shape index (κ2) is 6.49. The van der Waals surface area contributed by atoms with E-state index in [1.807, 2.05) is 0 Å². The molecule has 0 fully saturated rings. The van der Waals surface area contributed by atoms with Crippen LogP contribution in [0.1, 0.15) is 10.4 Å². The van der Waals surface area contributed by atoms with Crippen LogP contribution in [0, 0.1) is 0 Å². The summed E-state index contributed by atoms with van der Waals surface area (Å²) in [4.78, 5) is 18.6. The Morgan fingerprint density at radius 1 is 1.19 bits per heavy atom. The van der Waals surface area contributed by atoms with Crippen LogP contribution in [-0.4, -0.2) is 35.5 Å². The van der Waals surface area contributed by atoms with Gasteiger partial charge in [0, 0.05) is 40.6 Å². The Morgan fingerprint density at radius 2 is 1.86 bits per heavy atom. The molecule has 0 spiro atoms. The molecule has 0 aliphatic heterocycles. The minimum Gasteiger partial charge on any atom is -0.481 e. The number of ether oxygens (including phenoxy) is 1. The quantitative estimate of drug-likeness (QED) is 0.868. The fourth-order valence-corrected chi connectivity index (χ4v) is 2.31. The number of benzene rings is 1. The Kier molecular flexibility index (Phi) is 4.70. The average molecular weight is 304 g/mol. The largest absolute Gasteiger partial charge is 0.481 e. The van der Waals surface area contributed by atoms with Crippen molar-refractivity contribution in [1.82, 2.24) is 4.98 Å². The van der Waals surface area contributed by atoms with Gasteiger partial charge in [-0.15, -0.1) is 0 Å². The Balaban J connectivity index is 2.19. The third-order valence-corrected chi connectivity index (χ3v) is 3.99. The van der Waals surface area contributed by atoms with Crippen molar-refractivity contribution < 1.29 is 13.7 Å². The Bertz CT molecular complexity index is 654. The molecule has 0 N–H and O–H groups in total. The summed E-state index contributed by atoms with van der Waals surface area (Å²) in [6, 6.07) is 10.2. The molecule has 6 heteroatoms. The molecule has 0 aliphatic rings. The topological polar surface area (TPSA) is 59.5 Å². The highest BCUT2D eigenvalue weighted by Gasteiger charge is 2.14. The maximum atomic E-state index is 12.4. The Morgan fingerprint density at radius 3 is 2.33 bits per heavy atom. The average Bonchev–Trinajstić information content (AvgIpc) is 2.53. The summed E-state index contributed by atoms with van der Waals surface area (Å²) in [5.41, 5.74) is 1.20. The molecule has 2 aromatic rings. The summed E-state index contributed by atoms with van der Waals surface area (Å²) in [6.45, 7) is 0. The first-order chi connectivity index (χ1) is 10.0. The van der Waals surface area contributed by atoms with Crippen LogP contribution in [0.3, 0.4) is 0 Å². The molecule has 0 aliphatic carbocycles. The van der Waals surface area contributed by atoms with Gasteiger partial charge in [-0.3, -0.25) is 9.00 Å². The highest BCUT2D eigenvalue weighted by molar-refractivity contribution is 7.84. The van der Waals surface area contributed by atoms with Gasteiger partial charge >= 0.3 is 0 Å². The second-order valence-electron chi connectivity index (χ2n) is 4.40. The van der Waals surface area contributed by atoms with Crippen LogP contribution in [0.15, 0.2) is 47.5 Å². The van der Waals surface area contributed by atoms with Crippen molar-refractivity contribution in [1.29, 1.82) is 0 Å². The standard InChI is InChI=1S/C15H16N2O3S/c1-17(12-6-9-14(20-2)16-10-12)15(18)11-4-7-13(8-5-11)21(3)19/h4-10H,1-3H3/t21-/m1/s1. The van der Waals surface area contributed by atoms with Gasteiger partial charge in [-0.2, -0.15) is 0 Å². The van der Waals surface area contributed by atoms with Gasteiger partial charge in [0.25, 0.3) is 5.91 Å². The van der Waals surface area contributed by atoms with E-state index in [1.54, 1.807) is 55.9 Å². The van der Waals surface area contributed by atoms with Crippen molar-refractivity contribution >= 4 is 22.4 Å². The zero-order chi connectivity index (χ0) is 15.4. The third-order valence-electron chi connectivity index (χ3n) is 3.05. The molecule has 0 unspecified atom stereocenters. The highest BCUT2D eigenvalue weighted by Crippen LogP contribution is 2.18. The van der Waals surface area contributed by atoms with Crippen molar-refractivity contribution in [2.45, 2.75) is 4.90 Å². The van der Waals surface area contributed by atoms with Crippen LogP contribution in [0.5, 0.6) is 5.88 Å². The summed E-state index contributed by atoms with van der Waals surface area (Å²) in [6.07, 6.45) is 3.18. The molecule has 2 rings (SSSR count). The number of pyridine rings is 1. The third kappa shape index (κ3) is 3.46. The first kappa shape index (κ1) is 15.2. The van der Waals surface area contributed by atoms with Gasteiger partial charge in [-0.05, 0) is 30.3 Å². The maximum absolute atomic E-state index is 12.4. The fourth-order valence-electron chi connectivity index (χ4n) is 1.79. The van der Waals surface area contributed by atoms with E-state index >= 15 is 0 Å². The molecule has 0 radical (unpaired) electrons. The van der Waals surface area contributed by atoms with Gasteiger partial charge in [0.1, 0.15) is 0 Å². The smallest absolute Gasteiger partial charge is 0.258 e. The SMILES string of the molecule is COc1ccc(N(C)C(=O)c2ccc([S@@](C)=O)cc2)cn1. The number of anilines is 1. The summed E-state index contributed by atoms with van der Waals surface area (Å²) >= 11 is 0. The van der Waals surface area contributed by atoms with Gasteiger partial charge in [0.15, 0.2) is 0 Å². The van der Waals surface area contributed by atoms with Crippen LogP contribution in [0.4, 0.5) is 5.69 Å². The van der Waals surface area contributed by atoms with E-state index in [2.05, 4.69) is 4.98 Å². The van der Waals surface area contributed by atoms with Crippen molar-refractivity contribution in [3.8, 4) is 5.88 Å². The van der Waals surface area contributed by atoms with Crippen molar-refractivity contribution in [2.75, 3.05) is 25.3 Å². The molecular weight excluding hydrogens is 288 g/mol. The van der Waals surface area contributed by atoms with Crippen LogP contribution in [0.2, 0.25) is 0 Å². The first-order valence-electron chi connectivity index (χ1n) is 6.24. The van der Waals surface area contributed by atoms with Crippen LogP contribution >= 0.6 is 0 Å². The predicted octanol–water partition coefficient (Wildman–Crippen LogP) is 2.10. The van der Waals surface area contributed by atoms with Crippen molar-refractivity contribution in [3.63, 3.8) is 0 Å². The minimum atomic E-state index is -1.05. The van der Waals surface area contributed by atoms with E-state index in [-0.39, 0.29) is 5.91 Å². The lowest BCUT2D eigenvalue weighted by Crippen LogP contribution is -2.26. The number of amides is 1. The first-order valence-corrected chi connectivity index (χ1v) is 7.80. The molecule has 110 valence electrons. The zero-order valence-corrected chi connectivity index (χ0v) is 12.9. The molecule has 1 heterocycles. The normalized spacial score (nSPS) is 11.8. The van der Waals surface area contributed by atoms with E-state index in [0.29, 0.717) is 22.0 Å². The fraction of sp³-hybridized carbons (Fsp3) is 0.200. The lowest BCUT2D eigenvalue weighted by molar-refractivity contribution is 0.0993. The van der Waals surface area contributed by atoms with E-state index in [1.165, 1.54) is 12.0 Å². The summed E-state index contributed by atoms with van der Waals surface area (Å²) in [5, 5.41) is 0. The number of carbonyl (C=O) groups is 1. The lowest BCUT2D eigenvalue weighted by Gasteiger charge is -2.17. The Labute approximate surface area is 126 Å². The van der Waals surface area contributed by atoms with E-state index in [4.69, 9.17) is 4.74 Å². The predicted molar refractivity (Wildman–Crippen MR) is 82.3 cm³/mol. The zero-order valence-electron chi connectivity index (χ0n) is 12.1. The van der Waals surface area contributed by atoms with Crippen LogP contribution in [0.25, 0.3) is 0 Å². The molecule has 1 aromatic carbocycles. The molecule has 0 bridgehead atoms. The highest BCUT2D eigenvalue weighted by atomic mass is 32.2. The molecule has 0 saturated heterocycles. The van der Waals surface area contributed by atoms with Crippen LogP contribution in [-0.2, 0) is 10.8 Å². The molecular formula is C15H16N2O3S. The number of rotatable bonds is 4. The lowest BCUT2D eigenvalue weighted by atomic mass is 10.2. The van der Waals surface area contributed by atoms with Gasteiger partial charge < -0.3 is 9.64 Å². The number of hydrogen-bond acceptors (Lipinski definition) is 4. The molecule has 0 saturated carbocycles. The van der Waals surface area contributed by atoms with Crippen molar-refractivity contribution in [3.05, 3.63) is 48.2 Å². The monoisotopic (exact) mass is 304 g/mol. The number of carbonyl (C=O) groups excluding carboxylic acids is 1. The molecule has 1 atom stereocenters. The van der Waals surface area contributed by atoms with Gasteiger partial charge in [-0.25, -0.2) is 4.98 Å². The molecule has 1 amide bonds. The van der Waals surface area contributed by atoms with Crippen molar-refractivity contribution in [2.24, 2.45) is 0 Å². The molecule has 5 nitrogen and oxygen atoms in total. The molecule has 21 heavy (non-hydrogen) atoms. The number of aromatic nitrogens is 1. The van der Waals surface area contributed by atoms with E-state index < -0.39 is 10.8 Å². The Hall–Kier alpha value is -2.21.